The first-order valence-electron chi connectivity index (χ1n) is 16.0. The van der Waals surface area contributed by atoms with Gasteiger partial charge in [0, 0.05) is 40.5 Å². The number of amides is 2. The SMILES string of the molecule is CC(N(C)C)N(C)C.CCOC(=O)C(=NO)C(=O)OCC.CCOC(=O)C(C#N)=NO.CN(C)C(=O)N(C)C.FP(F)(F)(F)F.N#CC(C#N)=NO.O=c1ccccn1O.[F-]. The summed E-state index contributed by atoms with van der Waals surface area (Å²) in [5.74, 6) is -2.90. The van der Waals surface area contributed by atoms with Crippen molar-refractivity contribution in [2.75, 3.05) is 76.2 Å². The Labute approximate surface area is 347 Å². The largest absolute Gasteiger partial charge is 1.00 e. The second-order valence-electron chi connectivity index (χ2n) is 10.5. The van der Waals surface area contributed by atoms with E-state index in [-0.39, 0.29) is 30.6 Å². The van der Waals surface area contributed by atoms with Crippen molar-refractivity contribution >= 4 is 49.2 Å². The summed E-state index contributed by atoms with van der Waals surface area (Å²) in [7, 11) is 6.64. The number of carbonyl (C=O) groups excluding carboxylic acids is 4. The molecule has 23 nitrogen and oxygen atoms in total. The Morgan fingerprint density at radius 3 is 1.23 bits per heavy atom. The predicted molar refractivity (Wildman–Crippen MR) is 204 cm³/mol. The molecule has 0 saturated heterocycles. The van der Waals surface area contributed by atoms with Crippen molar-refractivity contribution < 1.29 is 79.9 Å². The molecule has 350 valence electrons. The average molecular weight is 915 g/mol. The van der Waals surface area contributed by atoms with E-state index in [1.165, 1.54) is 40.3 Å². The van der Waals surface area contributed by atoms with Gasteiger partial charge in [0.25, 0.3) is 22.7 Å². The van der Waals surface area contributed by atoms with E-state index in [0.717, 1.165) is 0 Å². The van der Waals surface area contributed by atoms with Crippen LogP contribution >= 0.6 is 8.16 Å². The average Bonchev–Trinajstić information content (AvgIpc) is 3.14. The van der Waals surface area contributed by atoms with E-state index >= 15 is 0 Å². The zero-order valence-corrected chi connectivity index (χ0v) is 36.1. The summed E-state index contributed by atoms with van der Waals surface area (Å²) < 4.78 is 62.9. The minimum absolute atomic E-state index is 0. The molecule has 0 unspecified atom stereocenters. The predicted octanol–water partition coefficient (Wildman–Crippen LogP) is 0.447. The van der Waals surface area contributed by atoms with Crippen LogP contribution in [0.1, 0.15) is 27.7 Å². The third kappa shape index (κ3) is 49.3. The van der Waals surface area contributed by atoms with E-state index in [1.807, 2.05) is 0 Å². The molecular weight excluding hydrogens is 863 g/mol. The van der Waals surface area contributed by atoms with Crippen molar-refractivity contribution in [3.05, 3.63) is 34.7 Å². The fourth-order valence-corrected chi connectivity index (χ4v) is 2.22. The van der Waals surface area contributed by atoms with E-state index in [2.05, 4.69) is 74.6 Å². The smallest absolute Gasteiger partial charge is 0.282 e. The third-order valence-electron chi connectivity index (χ3n) is 5.09. The summed E-state index contributed by atoms with van der Waals surface area (Å²) >= 11 is 0. The fraction of sp³-hybridized carbons (Fsp3) is 0.516. The minimum Gasteiger partial charge on any atom is -1.00 e. The zero-order valence-electron chi connectivity index (χ0n) is 35.2. The zero-order chi connectivity index (χ0) is 48.8. The quantitative estimate of drug-likeness (QED) is 0.0263. The number of oxime groups is 3. The van der Waals surface area contributed by atoms with Crippen LogP contribution in [0.15, 0.2) is 44.7 Å². The molecule has 1 rings (SSSR count). The molecule has 4 N–H and O–H groups in total. The maximum atomic E-state index is 10.9. The van der Waals surface area contributed by atoms with Gasteiger partial charge >= 0.3 is 53.1 Å². The second-order valence-corrected chi connectivity index (χ2v) is 11.8. The van der Waals surface area contributed by atoms with Crippen molar-refractivity contribution in [1.82, 2.24) is 24.3 Å². The minimum atomic E-state index is -8.55. The summed E-state index contributed by atoms with van der Waals surface area (Å²) in [6.07, 6.45) is 1.82. The third-order valence-corrected chi connectivity index (χ3v) is 5.09. The van der Waals surface area contributed by atoms with Gasteiger partial charge in [0.1, 0.15) is 18.2 Å². The molecule has 2 amide bonds. The molecule has 0 aromatic carbocycles. The van der Waals surface area contributed by atoms with Gasteiger partial charge < -0.3 is 49.5 Å². The van der Waals surface area contributed by atoms with Gasteiger partial charge in [0.05, 0.1) is 26.0 Å². The maximum Gasteiger partial charge on any atom is 0.282 e. The monoisotopic (exact) mass is 914 g/mol. The Morgan fingerprint density at radius 1 is 0.721 bits per heavy atom. The molecule has 1 aromatic heterocycles. The van der Waals surface area contributed by atoms with Crippen LogP contribution in [0.2, 0.25) is 0 Å². The van der Waals surface area contributed by atoms with Gasteiger partial charge in [0.15, 0.2) is 0 Å². The van der Waals surface area contributed by atoms with E-state index in [4.69, 9.17) is 36.6 Å². The fourth-order valence-electron chi connectivity index (χ4n) is 2.22. The summed E-state index contributed by atoms with van der Waals surface area (Å²) in [5, 5.41) is 63.3. The molecule has 30 heteroatoms. The van der Waals surface area contributed by atoms with Crippen LogP contribution in [0.25, 0.3) is 0 Å². The number of nitriles is 3. The summed E-state index contributed by atoms with van der Waals surface area (Å²) in [6, 6.07) is 8.47. The molecule has 0 atom stereocenters. The molecule has 0 aliphatic heterocycles. The van der Waals surface area contributed by atoms with Gasteiger partial charge in [-0.3, -0.25) is 14.6 Å². The normalized spacial score (nSPS) is 9.92. The standard InChI is InChI=1S/C7H11NO5.C6H16N2.C5H6N2O3.C5H12N2O.C5H5NO2.C3HN3O.F5P.FH/c1-3-12-6(9)5(8-11)7(10)13-4-2;1-6(7(2)3)8(4)5;1-2-10-5(8)4(3-6)7-9;1-6(2)5(8)7(3)4;7-5-3-1-2-4-6(5)8;4-1-3(2-5)6-7;1-6(2,3,4)5;/h11H,3-4H2,1-2H3;6H,1-5H3;9H,2H2,1H3;1-4H3;1-4,8H;7H;;1H/p-1. The number of pyridine rings is 1. The van der Waals surface area contributed by atoms with E-state index < -0.39 is 48.8 Å². The number of nitrogens with zero attached hydrogens (tertiary/aromatic N) is 11. The van der Waals surface area contributed by atoms with Crippen LogP contribution in [0.5, 0.6) is 0 Å². The number of urea groups is 1. The van der Waals surface area contributed by atoms with Crippen LogP contribution in [0, 0.1) is 34.0 Å². The van der Waals surface area contributed by atoms with Crippen LogP contribution in [0.4, 0.5) is 25.8 Å². The number of hydrogen-bond acceptors (Lipinski definition) is 20. The van der Waals surface area contributed by atoms with Gasteiger partial charge in [-0.2, -0.15) is 20.5 Å². The molecule has 61 heavy (non-hydrogen) atoms. The topological polar surface area (TPSA) is 320 Å². The van der Waals surface area contributed by atoms with Crippen LogP contribution < -0.4 is 10.3 Å². The van der Waals surface area contributed by atoms with Gasteiger partial charge in [-0.15, -0.1) is 0 Å². The van der Waals surface area contributed by atoms with Crippen molar-refractivity contribution in [3.63, 3.8) is 0 Å². The van der Waals surface area contributed by atoms with Gasteiger partial charge in [0.2, 0.25) is 0 Å². The molecule has 1 aromatic rings. The summed E-state index contributed by atoms with van der Waals surface area (Å²) in [5.41, 5.74) is -2.32. The Kier molecular flexibility index (Phi) is 43.8. The number of halogens is 6. The van der Waals surface area contributed by atoms with Crippen molar-refractivity contribution in [1.29, 1.82) is 15.8 Å². The molecule has 0 aliphatic carbocycles. The van der Waals surface area contributed by atoms with Crippen LogP contribution in [-0.2, 0) is 28.6 Å². The molecule has 0 radical (unpaired) electrons. The first kappa shape index (κ1) is 68.9. The molecular formula is C31H51F6N11O12P-. The van der Waals surface area contributed by atoms with Crippen molar-refractivity contribution in [2.45, 2.75) is 33.9 Å². The van der Waals surface area contributed by atoms with Crippen molar-refractivity contribution in [2.24, 2.45) is 15.5 Å². The van der Waals surface area contributed by atoms with E-state index in [1.54, 1.807) is 61.1 Å². The first-order chi connectivity index (χ1) is 27.4. The maximum absolute atomic E-state index is 10.9. The Hall–Kier alpha value is -6.76. The van der Waals surface area contributed by atoms with E-state index in [9.17, 15) is 45.0 Å². The molecule has 0 spiro atoms. The molecule has 0 aliphatic rings. The number of aromatic nitrogens is 1. The molecule has 1 heterocycles. The number of carbonyl (C=O) groups is 4. The van der Waals surface area contributed by atoms with Gasteiger partial charge in [-0.05, 0) is 62.0 Å². The summed E-state index contributed by atoms with van der Waals surface area (Å²) in [4.78, 5) is 60.6. The number of ether oxygens (including phenoxy) is 3. The number of esters is 3. The summed E-state index contributed by atoms with van der Waals surface area (Å²) in [6.45, 7) is 7.23. The number of rotatable bonds is 8. The Bertz CT molecular complexity index is 1630. The molecule has 0 fully saturated rings. The van der Waals surface area contributed by atoms with Crippen molar-refractivity contribution in [3.8, 4) is 18.2 Å². The molecule has 0 saturated carbocycles. The Morgan fingerprint density at radius 2 is 1.08 bits per heavy atom. The van der Waals surface area contributed by atoms with E-state index in [0.29, 0.717) is 10.9 Å². The van der Waals surface area contributed by atoms with Gasteiger partial charge in [-0.25, -0.2) is 19.2 Å². The second kappa shape index (κ2) is 38.7. The Balaban J connectivity index is -0.000000113. The van der Waals surface area contributed by atoms with Crippen LogP contribution in [0.3, 0.4) is 0 Å². The van der Waals surface area contributed by atoms with Crippen LogP contribution in [-0.4, -0.2) is 169 Å². The number of hydrogen-bond donors (Lipinski definition) is 4. The molecule has 0 bridgehead atoms. The first-order valence-corrected chi connectivity index (χ1v) is 17.7. The van der Waals surface area contributed by atoms with Gasteiger partial charge in [-0.1, -0.05) is 21.5 Å².